The number of nitriles is 1. The summed E-state index contributed by atoms with van der Waals surface area (Å²) in [5, 5.41) is 12.0. The molecule has 1 aromatic carbocycles. The Morgan fingerprint density at radius 1 is 1.19 bits per heavy atom. The second kappa shape index (κ2) is 7.75. The maximum absolute atomic E-state index is 12.3. The molecule has 27 heavy (non-hydrogen) atoms. The van der Waals surface area contributed by atoms with Crippen LogP contribution in [0.1, 0.15) is 48.1 Å². The summed E-state index contributed by atoms with van der Waals surface area (Å²) in [6, 6.07) is 11.0. The van der Waals surface area contributed by atoms with Crippen molar-refractivity contribution in [3.63, 3.8) is 0 Å². The van der Waals surface area contributed by atoms with Gasteiger partial charge in [-0.1, -0.05) is 24.3 Å². The first-order chi connectivity index (χ1) is 13.2. The molecule has 4 rings (SSSR count). The number of hydrogen-bond acceptors (Lipinski definition) is 5. The molecule has 2 aromatic rings. The fourth-order valence-electron chi connectivity index (χ4n) is 3.88. The number of benzene rings is 1. The molecule has 2 aliphatic rings. The summed E-state index contributed by atoms with van der Waals surface area (Å²) < 4.78 is 0. The largest absolute Gasteiger partial charge is 0.351 e. The van der Waals surface area contributed by atoms with E-state index >= 15 is 0 Å². The summed E-state index contributed by atoms with van der Waals surface area (Å²) >= 11 is 0. The van der Waals surface area contributed by atoms with Crippen LogP contribution in [-0.2, 0) is 30.7 Å². The molecule has 1 aromatic heterocycles. The number of aromatic nitrogens is 2. The van der Waals surface area contributed by atoms with Crippen LogP contribution in [0.15, 0.2) is 30.5 Å². The molecule has 0 spiro atoms. The molecule has 1 amide bonds. The maximum atomic E-state index is 12.3. The van der Waals surface area contributed by atoms with Crippen molar-refractivity contribution >= 4 is 11.9 Å². The first-order valence-corrected chi connectivity index (χ1v) is 9.56. The lowest BCUT2D eigenvalue weighted by Gasteiger charge is -2.14. The quantitative estimate of drug-likeness (QED) is 0.800. The first kappa shape index (κ1) is 17.5. The van der Waals surface area contributed by atoms with Gasteiger partial charge in [-0.05, 0) is 36.8 Å². The lowest BCUT2D eigenvalue weighted by Crippen LogP contribution is -2.25. The zero-order valence-corrected chi connectivity index (χ0v) is 15.3. The van der Waals surface area contributed by atoms with E-state index in [0.717, 1.165) is 36.9 Å². The van der Waals surface area contributed by atoms with Gasteiger partial charge in [0.05, 0.1) is 18.3 Å². The zero-order valence-electron chi connectivity index (χ0n) is 15.3. The molecule has 0 radical (unpaired) electrons. The average Bonchev–Trinajstić information content (AvgIpc) is 3.28. The number of nitrogens with zero attached hydrogens (tertiary/aromatic N) is 4. The van der Waals surface area contributed by atoms with Gasteiger partial charge in [0.1, 0.15) is 0 Å². The van der Waals surface area contributed by atoms with E-state index in [1.54, 1.807) is 0 Å². The van der Waals surface area contributed by atoms with E-state index in [-0.39, 0.29) is 5.91 Å². The highest BCUT2D eigenvalue weighted by Gasteiger charge is 2.26. The van der Waals surface area contributed by atoms with E-state index in [1.807, 2.05) is 11.1 Å². The minimum absolute atomic E-state index is 0.131. The molecule has 0 saturated carbocycles. The van der Waals surface area contributed by atoms with E-state index in [9.17, 15) is 4.79 Å². The van der Waals surface area contributed by atoms with Gasteiger partial charge >= 0.3 is 0 Å². The Bertz CT molecular complexity index is 863. The Labute approximate surface area is 159 Å². The molecule has 6 nitrogen and oxygen atoms in total. The Morgan fingerprint density at radius 3 is 2.70 bits per heavy atom. The van der Waals surface area contributed by atoms with Crippen molar-refractivity contribution in [2.45, 2.75) is 57.7 Å². The maximum Gasteiger partial charge on any atom is 0.223 e. The van der Waals surface area contributed by atoms with Crippen LogP contribution in [0.25, 0.3) is 0 Å². The SMILES string of the molecule is N#CCCCCC(=O)N1Cc2cnc(NC3Cc4ccccc4C3)nc2C1. The van der Waals surface area contributed by atoms with E-state index in [2.05, 4.69) is 45.6 Å². The molecule has 1 aliphatic carbocycles. The topological polar surface area (TPSA) is 81.9 Å². The van der Waals surface area contributed by atoms with Crippen LogP contribution in [0.5, 0.6) is 0 Å². The van der Waals surface area contributed by atoms with Gasteiger partial charge in [-0.3, -0.25) is 4.79 Å². The van der Waals surface area contributed by atoms with E-state index < -0.39 is 0 Å². The van der Waals surface area contributed by atoms with Gasteiger partial charge in [-0.25, -0.2) is 9.97 Å². The van der Waals surface area contributed by atoms with Crippen LogP contribution in [0.2, 0.25) is 0 Å². The predicted molar refractivity (Wildman–Crippen MR) is 102 cm³/mol. The number of hydrogen-bond donors (Lipinski definition) is 1. The van der Waals surface area contributed by atoms with Crippen molar-refractivity contribution in [3.8, 4) is 6.07 Å². The normalized spacial score (nSPS) is 15.3. The summed E-state index contributed by atoms with van der Waals surface area (Å²) in [4.78, 5) is 23.3. The van der Waals surface area contributed by atoms with Gasteiger partial charge < -0.3 is 10.2 Å². The van der Waals surface area contributed by atoms with Crippen molar-refractivity contribution in [3.05, 3.63) is 52.8 Å². The molecular formula is C21H23N5O. The number of fused-ring (bicyclic) bond motifs is 2. The third-order valence-corrected chi connectivity index (χ3v) is 5.32. The summed E-state index contributed by atoms with van der Waals surface area (Å²) in [6.45, 7) is 1.13. The Balaban J connectivity index is 1.34. The predicted octanol–water partition coefficient (Wildman–Crippen LogP) is 2.98. The smallest absolute Gasteiger partial charge is 0.223 e. The van der Waals surface area contributed by atoms with E-state index in [1.165, 1.54) is 11.1 Å². The Kier molecular flexibility index (Phi) is 5.01. The van der Waals surface area contributed by atoms with Crippen LogP contribution in [-0.4, -0.2) is 26.8 Å². The molecule has 0 unspecified atom stereocenters. The minimum atomic E-state index is 0.131. The first-order valence-electron chi connectivity index (χ1n) is 9.56. The van der Waals surface area contributed by atoms with Gasteiger partial charge in [-0.2, -0.15) is 5.26 Å². The standard InChI is InChI=1S/C21H23N5O/c22-9-5-1-2-8-20(27)26-13-17-12-23-21(25-19(17)14-26)24-18-10-15-6-3-4-7-16(15)11-18/h3-4,6-7,12,18H,1-2,5,8,10-11,13-14H2,(H,23,24,25). The van der Waals surface area contributed by atoms with Crippen molar-refractivity contribution in [2.24, 2.45) is 0 Å². The van der Waals surface area contributed by atoms with Gasteiger partial charge in [0, 0.05) is 37.2 Å². The molecular weight excluding hydrogens is 338 g/mol. The van der Waals surface area contributed by atoms with Crippen LogP contribution in [0, 0.1) is 11.3 Å². The van der Waals surface area contributed by atoms with Crippen LogP contribution >= 0.6 is 0 Å². The molecule has 0 fully saturated rings. The lowest BCUT2D eigenvalue weighted by molar-refractivity contribution is -0.131. The summed E-state index contributed by atoms with van der Waals surface area (Å²) in [7, 11) is 0. The second-order valence-corrected chi connectivity index (χ2v) is 7.30. The molecule has 1 aliphatic heterocycles. The summed E-state index contributed by atoms with van der Waals surface area (Å²) in [6.07, 6.45) is 6.37. The molecule has 2 heterocycles. The number of anilines is 1. The molecule has 0 bridgehead atoms. The van der Waals surface area contributed by atoms with Gasteiger partial charge in [0.25, 0.3) is 0 Å². The van der Waals surface area contributed by atoms with Crippen molar-refractivity contribution in [1.29, 1.82) is 5.26 Å². The van der Waals surface area contributed by atoms with Gasteiger partial charge in [0.15, 0.2) is 0 Å². The number of nitrogens with one attached hydrogen (secondary N) is 1. The van der Waals surface area contributed by atoms with Gasteiger partial charge in [0.2, 0.25) is 11.9 Å². The van der Waals surface area contributed by atoms with E-state index in [0.29, 0.717) is 37.9 Å². The third-order valence-electron chi connectivity index (χ3n) is 5.32. The van der Waals surface area contributed by atoms with Crippen LogP contribution in [0.3, 0.4) is 0 Å². The highest BCUT2D eigenvalue weighted by Crippen LogP contribution is 2.26. The molecule has 0 saturated heterocycles. The Hall–Kier alpha value is -2.94. The monoisotopic (exact) mass is 361 g/mol. The molecule has 1 N–H and O–H groups in total. The highest BCUT2D eigenvalue weighted by molar-refractivity contribution is 5.76. The number of carbonyl (C=O) groups excluding carboxylic acids is 1. The minimum Gasteiger partial charge on any atom is -0.351 e. The van der Waals surface area contributed by atoms with Gasteiger partial charge in [-0.15, -0.1) is 0 Å². The number of amides is 1. The third kappa shape index (κ3) is 3.92. The summed E-state index contributed by atoms with van der Waals surface area (Å²) in [5.74, 6) is 0.779. The highest BCUT2D eigenvalue weighted by atomic mass is 16.2. The fourth-order valence-corrected chi connectivity index (χ4v) is 3.88. The van der Waals surface area contributed by atoms with Crippen molar-refractivity contribution in [1.82, 2.24) is 14.9 Å². The zero-order chi connectivity index (χ0) is 18.6. The molecule has 138 valence electrons. The van der Waals surface area contributed by atoms with Crippen molar-refractivity contribution in [2.75, 3.05) is 5.32 Å². The fraction of sp³-hybridized carbons (Fsp3) is 0.429. The Morgan fingerprint density at radius 2 is 1.96 bits per heavy atom. The van der Waals surface area contributed by atoms with Crippen LogP contribution in [0.4, 0.5) is 5.95 Å². The molecule has 6 heteroatoms. The average molecular weight is 361 g/mol. The second-order valence-electron chi connectivity index (χ2n) is 7.30. The van der Waals surface area contributed by atoms with E-state index in [4.69, 9.17) is 5.26 Å². The number of unbranched alkanes of at least 4 members (excludes halogenated alkanes) is 2. The lowest BCUT2D eigenvalue weighted by atomic mass is 10.1. The summed E-state index contributed by atoms with van der Waals surface area (Å²) in [5.41, 5.74) is 4.75. The number of carbonyl (C=O) groups is 1. The van der Waals surface area contributed by atoms with Crippen LogP contribution < -0.4 is 5.32 Å². The van der Waals surface area contributed by atoms with Crippen molar-refractivity contribution < 1.29 is 4.79 Å². The number of rotatable bonds is 6. The molecule has 0 atom stereocenters.